The summed E-state index contributed by atoms with van der Waals surface area (Å²) >= 11 is 0. The molecular weight excluding hydrogens is 391 g/mol. The first kappa shape index (κ1) is 20.7. The van der Waals surface area contributed by atoms with E-state index in [4.69, 9.17) is 9.15 Å². The lowest BCUT2D eigenvalue weighted by Gasteiger charge is -2.15. The molecule has 3 rings (SSSR count). The molecule has 2 aromatic heterocycles. The summed E-state index contributed by atoms with van der Waals surface area (Å²) in [5.41, 5.74) is -0.131. The number of fused-ring (bicyclic) bond motifs is 1. The minimum Gasteiger partial charge on any atom is -0.495 e. The Bertz CT molecular complexity index is 1020. The van der Waals surface area contributed by atoms with Crippen LogP contribution >= 0.6 is 0 Å². The van der Waals surface area contributed by atoms with Crippen LogP contribution in [0, 0.1) is 0 Å². The van der Waals surface area contributed by atoms with Crippen LogP contribution in [0.1, 0.15) is 17.6 Å². The van der Waals surface area contributed by atoms with Crippen molar-refractivity contribution in [3.63, 3.8) is 0 Å². The van der Waals surface area contributed by atoms with E-state index in [1.165, 1.54) is 14.2 Å². The van der Waals surface area contributed by atoms with Gasteiger partial charge >= 0.3 is 6.18 Å². The average molecular weight is 411 g/mol. The van der Waals surface area contributed by atoms with Crippen LogP contribution in [0.15, 0.2) is 28.8 Å². The number of halogens is 3. The van der Waals surface area contributed by atoms with E-state index in [9.17, 15) is 18.3 Å². The number of methoxy groups -OCH3 is 1. The highest BCUT2D eigenvalue weighted by Crippen LogP contribution is 2.37. The number of anilines is 3. The van der Waals surface area contributed by atoms with E-state index in [-0.39, 0.29) is 11.8 Å². The Hall–Kier alpha value is -3.05. The van der Waals surface area contributed by atoms with Gasteiger partial charge in [-0.2, -0.15) is 18.2 Å². The second-order valence-corrected chi connectivity index (χ2v) is 6.41. The molecule has 1 unspecified atom stereocenters. The number of furan rings is 1. The number of benzene rings is 1. The predicted molar refractivity (Wildman–Crippen MR) is 101 cm³/mol. The number of nitrogens with one attached hydrogen (secondary N) is 2. The average Bonchev–Trinajstić information content (AvgIpc) is 3.08. The molecule has 29 heavy (non-hydrogen) atoms. The van der Waals surface area contributed by atoms with Gasteiger partial charge in [-0.15, -0.1) is 0 Å². The minimum atomic E-state index is -4.58. The Morgan fingerprint density at radius 3 is 2.55 bits per heavy atom. The quantitative estimate of drug-likeness (QED) is 0.530. The lowest BCUT2D eigenvalue weighted by molar-refractivity contribution is -0.137. The minimum absolute atomic E-state index is 0.0555. The van der Waals surface area contributed by atoms with Crippen molar-refractivity contribution in [2.75, 3.05) is 38.9 Å². The largest absolute Gasteiger partial charge is 0.495 e. The highest BCUT2D eigenvalue weighted by molar-refractivity contribution is 5.86. The van der Waals surface area contributed by atoms with Crippen molar-refractivity contribution in [1.82, 2.24) is 14.9 Å². The summed E-state index contributed by atoms with van der Waals surface area (Å²) in [6.45, 7) is 0. The van der Waals surface area contributed by atoms with Gasteiger partial charge in [-0.3, -0.25) is 4.90 Å². The first-order valence-electron chi connectivity index (χ1n) is 8.49. The van der Waals surface area contributed by atoms with Crippen molar-refractivity contribution >= 4 is 28.4 Å². The zero-order valence-electron chi connectivity index (χ0n) is 16.1. The van der Waals surface area contributed by atoms with Crippen LogP contribution in [0.5, 0.6) is 5.75 Å². The smallest absolute Gasteiger partial charge is 0.421 e. The number of aromatic nitrogens is 2. The van der Waals surface area contributed by atoms with Crippen molar-refractivity contribution in [1.29, 1.82) is 0 Å². The zero-order valence-corrected chi connectivity index (χ0v) is 16.1. The van der Waals surface area contributed by atoms with E-state index in [0.29, 0.717) is 34.4 Å². The van der Waals surface area contributed by atoms with E-state index in [1.807, 2.05) is 0 Å². The monoisotopic (exact) mass is 411 g/mol. The van der Waals surface area contributed by atoms with Gasteiger partial charge in [0.1, 0.15) is 28.5 Å². The van der Waals surface area contributed by atoms with Crippen LogP contribution in [0.4, 0.5) is 30.6 Å². The van der Waals surface area contributed by atoms with Gasteiger partial charge in [-0.25, -0.2) is 4.98 Å². The topological polar surface area (TPSA) is 95.7 Å². The third-order valence-corrected chi connectivity index (χ3v) is 4.18. The number of alkyl halides is 3. The van der Waals surface area contributed by atoms with Gasteiger partial charge in [-0.1, -0.05) is 0 Å². The van der Waals surface area contributed by atoms with Crippen molar-refractivity contribution < 1.29 is 27.4 Å². The third kappa shape index (κ3) is 4.20. The van der Waals surface area contributed by atoms with Crippen molar-refractivity contribution in [2.45, 2.75) is 12.4 Å². The van der Waals surface area contributed by atoms with Gasteiger partial charge in [0.05, 0.1) is 12.8 Å². The molecular formula is C18H20F3N5O3. The van der Waals surface area contributed by atoms with E-state index in [1.54, 1.807) is 37.2 Å². The molecule has 2 heterocycles. The molecule has 0 aliphatic rings. The van der Waals surface area contributed by atoms with Gasteiger partial charge in [0, 0.05) is 24.7 Å². The van der Waals surface area contributed by atoms with Gasteiger partial charge in [0.15, 0.2) is 6.23 Å². The van der Waals surface area contributed by atoms with Crippen LogP contribution in [-0.2, 0) is 6.18 Å². The molecule has 0 radical (unpaired) electrons. The maximum absolute atomic E-state index is 13.0. The SMILES string of the molecule is CNc1nc(Nc2cc3oc(C(O)N(C)C)cc3cc2OC)ncc1C(F)(F)F. The second-order valence-electron chi connectivity index (χ2n) is 6.41. The number of hydrogen-bond donors (Lipinski definition) is 3. The Morgan fingerprint density at radius 2 is 1.97 bits per heavy atom. The first-order valence-corrected chi connectivity index (χ1v) is 8.49. The van der Waals surface area contributed by atoms with Crippen LogP contribution in [0.25, 0.3) is 11.0 Å². The molecule has 1 aromatic carbocycles. The van der Waals surface area contributed by atoms with Crippen LogP contribution in [0.2, 0.25) is 0 Å². The Labute approximate surface area is 164 Å². The number of rotatable bonds is 6. The molecule has 0 bridgehead atoms. The number of aliphatic hydroxyl groups excluding tert-OH is 1. The standard InChI is InChI=1S/C18H20F3N5O3/c1-22-15-10(18(19,20)21)8-23-17(25-15)24-11-7-12-9(5-13(11)28-4)6-14(29-12)16(27)26(2)3/h5-8,16,27H,1-4H3,(H2,22,23,24,25). The molecule has 0 spiro atoms. The zero-order chi connectivity index (χ0) is 21.3. The molecule has 0 saturated heterocycles. The molecule has 8 nitrogen and oxygen atoms in total. The normalized spacial score (nSPS) is 13.0. The number of aliphatic hydroxyl groups is 1. The van der Waals surface area contributed by atoms with Crippen molar-refractivity contribution in [3.05, 3.63) is 35.7 Å². The number of hydrogen-bond acceptors (Lipinski definition) is 8. The Balaban J connectivity index is 1.99. The molecule has 0 aliphatic heterocycles. The molecule has 156 valence electrons. The summed E-state index contributed by atoms with van der Waals surface area (Å²) in [7, 11) is 6.20. The fraction of sp³-hybridized carbons (Fsp3) is 0.333. The van der Waals surface area contributed by atoms with Crippen LogP contribution in [-0.4, -0.2) is 48.2 Å². The number of ether oxygens (including phenoxy) is 1. The molecule has 3 N–H and O–H groups in total. The van der Waals surface area contributed by atoms with Gasteiger partial charge in [-0.05, 0) is 26.2 Å². The van der Waals surface area contributed by atoms with Gasteiger partial charge in [0.2, 0.25) is 5.95 Å². The fourth-order valence-electron chi connectivity index (χ4n) is 2.70. The molecule has 0 aliphatic carbocycles. The molecule has 1 atom stereocenters. The molecule has 0 saturated carbocycles. The summed E-state index contributed by atoms with van der Waals surface area (Å²) in [6.07, 6.45) is -4.81. The van der Waals surface area contributed by atoms with Crippen molar-refractivity contribution in [3.8, 4) is 5.75 Å². The van der Waals surface area contributed by atoms with Crippen LogP contribution < -0.4 is 15.4 Å². The molecule has 0 fully saturated rings. The second kappa shape index (κ2) is 7.76. The Morgan fingerprint density at radius 1 is 1.24 bits per heavy atom. The van der Waals surface area contributed by atoms with E-state index < -0.39 is 18.0 Å². The fourth-order valence-corrected chi connectivity index (χ4v) is 2.70. The first-order chi connectivity index (χ1) is 13.6. The maximum atomic E-state index is 13.0. The molecule has 0 amide bonds. The highest BCUT2D eigenvalue weighted by atomic mass is 19.4. The summed E-state index contributed by atoms with van der Waals surface area (Å²) in [5, 5.41) is 16.1. The van der Waals surface area contributed by atoms with Gasteiger partial charge in [0.25, 0.3) is 0 Å². The third-order valence-electron chi connectivity index (χ3n) is 4.18. The maximum Gasteiger partial charge on any atom is 0.421 e. The molecule has 3 aromatic rings. The lowest BCUT2D eigenvalue weighted by atomic mass is 10.2. The molecule has 11 heteroatoms. The highest BCUT2D eigenvalue weighted by Gasteiger charge is 2.35. The summed E-state index contributed by atoms with van der Waals surface area (Å²) in [6, 6.07) is 4.95. The van der Waals surface area contributed by atoms with Crippen LogP contribution in [0.3, 0.4) is 0 Å². The summed E-state index contributed by atoms with van der Waals surface area (Å²) in [4.78, 5) is 9.20. The predicted octanol–water partition coefficient (Wildman–Crippen LogP) is 3.59. The number of nitrogens with zero attached hydrogens (tertiary/aromatic N) is 3. The Kier molecular flexibility index (Phi) is 5.53. The van der Waals surface area contributed by atoms with E-state index >= 15 is 0 Å². The van der Waals surface area contributed by atoms with E-state index in [0.717, 1.165) is 0 Å². The summed E-state index contributed by atoms with van der Waals surface area (Å²) in [5.74, 6) is 0.329. The van der Waals surface area contributed by atoms with Crippen molar-refractivity contribution in [2.24, 2.45) is 0 Å². The van der Waals surface area contributed by atoms with E-state index in [2.05, 4.69) is 20.6 Å². The van der Waals surface area contributed by atoms with Gasteiger partial charge < -0.3 is 24.9 Å². The lowest BCUT2D eigenvalue weighted by Crippen LogP contribution is -2.18. The summed E-state index contributed by atoms with van der Waals surface area (Å²) < 4.78 is 50.1.